The first-order valence-corrected chi connectivity index (χ1v) is 14.5. The van der Waals surface area contributed by atoms with E-state index in [1.165, 1.54) is 37.5 Å². The number of benzene rings is 1. The van der Waals surface area contributed by atoms with Crippen LogP contribution in [0.15, 0.2) is 27.4 Å². The van der Waals surface area contributed by atoms with Crippen molar-refractivity contribution in [2.45, 2.75) is 77.7 Å². The van der Waals surface area contributed by atoms with E-state index in [1.54, 1.807) is 0 Å². The molecule has 38 heavy (non-hydrogen) atoms. The first-order valence-electron chi connectivity index (χ1n) is 13.7. The van der Waals surface area contributed by atoms with Gasteiger partial charge in [-0.05, 0) is 90.6 Å². The predicted molar refractivity (Wildman–Crippen MR) is 152 cm³/mol. The van der Waals surface area contributed by atoms with E-state index in [0.29, 0.717) is 17.5 Å². The Labute approximate surface area is 234 Å². The minimum absolute atomic E-state index is 0.0770. The van der Waals surface area contributed by atoms with Crippen LogP contribution in [0.5, 0.6) is 0 Å². The van der Waals surface area contributed by atoms with Crippen LogP contribution in [0.1, 0.15) is 82.7 Å². The monoisotopic (exact) mass is 563 g/mol. The highest BCUT2D eigenvalue weighted by Gasteiger charge is 2.48. The molecule has 0 spiro atoms. The quantitative estimate of drug-likeness (QED) is 0.415. The zero-order chi connectivity index (χ0) is 27.5. The van der Waals surface area contributed by atoms with Gasteiger partial charge in [0.15, 0.2) is 16.8 Å². The maximum atomic E-state index is 13.5. The molecule has 2 aliphatic rings. The largest absolute Gasteiger partial charge is 0.449 e. The molecule has 0 radical (unpaired) electrons. The molecule has 9 heteroatoms. The van der Waals surface area contributed by atoms with E-state index in [0.717, 1.165) is 51.7 Å². The average Bonchev–Trinajstić information content (AvgIpc) is 2.87. The minimum Gasteiger partial charge on any atom is -0.449 e. The summed E-state index contributed by atoms with van der Waals surface area (Å²) in [5.74, 6) is 0.153. The Kier molecular flexibility index (Phi) is 9.11. The van der Waals surface area contributed by atoms with Crippen molar-refractivity contribution in [3.05, 3.63) is 44.2 Å². The molecule has 2 N–H and O–H groups in total. The van der Waals surface area contributed by atoms with Crippen molar-refractivity contribution in [3.63, 3.8) is 0 Å². The highest BCUT2D eigenvalue weighted by atomic mass is 35.5. The van der Waals surface area contributed by atoms with Crippen LogP contribution in [-0.4, -0.2) is 48.4 Å². The lowest BCUT2D eigenvalue weighted by Crippen LogP contribution is -2.56. The van der Waals surface area contributed by atoms with Gasteiger partial charge in [0, 0.05) is 23.2 Å². The first kappa shape index (κ1) is 28.9. The van der Waals surface area contributed by atoms with Gasteiger partial charge in [-0.1, -0.05) is 42.5 Å². The van der Waals surface area contributed by atoms with Crippen molar-refractivity contribution in [2.75, 3.05) is 26.2 Å². The van der Waals surface area contributed by atoms with E-state index >= 15 is 0 Å². The Morgan fingerprint density at radius 1 is 1.08 bits per heavy atom. The fourth-order valence-electron chi connectivity index (χ4n) is 6.00. The molecule has 208 valence electrons. The highest BCUT2D eigenvalue weighted by Crippen LogP contribution is 2.46. The summed E-state index contributed by atoms with van der Waals surface area (Å²) in [6, 6.07) is 4.12. The second-order valence-corrected chi connectivity index (χ2v) is 12.7. The van der Waals surface area contributed by atoms with Crippen LogP contribution in [0.2, 0.25) is 10.0 Å². The summed E-state index contributed by atoms with van der Waals surface area (Å²) in [5, 5.41) is 6.89. The van der Waals surface area contributed by atoms with E-state index in [1.807, 2.05) is 0 Å². The van der Waals surface area contributed by atoms with E-state index in [-0.39, 0.29) is 44.0 Å². The van der Waals surface area contributed by atoms with E-state index < -0.39 is 5.91 Å². The Bertz CT molecular complexity index is 1220. The van der Waals surface area contributed by atoms with Gasteiger partial charge in [0.1, 0.15) is 0 Å². The number of carbonyl (C=O) groups is 2. The summed E-state index contributed by atoms with van der Waals surface area (Å²) in [4.78, 5) is 41.0. The van der Waals surface area contributed by atoms with E-state index in [4.69, 9.17) is 27.6 Å². The van der Waals surface area contributed by atoms with Crippen LogP contribution in [0.4, 0.5) is 0 Å². The number of likely N-dealkylation sites (tertiary alicyclic amines) is 1. The Morgan fingerprint density at radius 2 is 1.76 bits per heavy atom. The number of fused-ring (bicyclic) bond motifs is 1. The third kappa shape index (κ3) is 6.72. The molecule has 1 saturated carbocycles. The number of piperidine rings is 1. The van der Waals surface area contributed by atoms with Crippen LogP contribution in [-0.2, 0) is 4.79 Å². The zero-order valence-electron chi connectivity index (χ0n) is 22.6. The molecule has 7 nitrogen and oxygen atoms in total. The smallest absolute Gasteiger partial charge is 0.287 e. The van der Waals surface area contributed by atoms with Gasteiger partial charge in [0.05, 0.1) is 15.8 Å². The van der Waals surface area contributed by atoms with Gasteiger partial charge in [-0.3, -0.25) is 14.4 Å². The number of amides is 2. The van der Waals surface area contributed by atoms with Crippen LogP contribution in [0.25, 0.3) is 11.0 Å². The fourth-order valence-corrected chi connectivity index (χ4v) is 6.54. The molecule has 2 heterocycles. The molecule has 1 aromatic carbocycles. The van der Waals surface area contributed by atoms with Crippen LogP contribution in [0, 0.1) is 11.3 Å². The lowest BCUT2D eigenvalue weighted by molar-refractivity contribution is -0.141. The summed E-state index contributed by atoms with van der Waals surface area (Å²) in [6.07, 6.45) is 8.50. The molecule has 4 rings (SSSR count). The molecular formula is C29H39Cl2N3O4. The molecule has 0 atom stereocenters. The summed E-state index contributed by atoms with van der Waals surface area (Å²) < 4.78 is 5.62. The maximum Gasteiger partial charge on any atom is 0.287 e. The van der Waals surface area contributed by atoms with Gasteiger partial charge >= 0.3 is 0 Å². The topological polar surface area (TPSA) is 91.7 Å². The number of nitrogens with zero attached hydrogens (tertiary/aromatic N) is 1. The normalized spacial score (nSPS) is 18.9. The number of hydrogen-bond acceptors (Lipinski definition) is 5. The number of hydrogen-bond donors (Lipinski definition) is 2. The number of rotatable bonds is 7. The Balaban J connectivity index is 1.30. The summed E-state index contributed by atoms with van der Waals surface area (Å²) >= 11 is 12.1. The average molecular weight is 565 g/mol. The first-order chi connectivity index (χ1) is 18.0. The molecule has 1 aromatic heterocycles. The number of nitrogens with one attached hydrogen (secondary N) is 2. The van der Waals surface area contributed by atoms with Gasteiger partial charge in [-0.15, -0.1) is 0 Å². The Morgan fingerprint density at radius 3 is 2.42 bits per heavy atom. The second-order valence-electron chi connectivity index (χ2n) is 11.9. The third-order valence-electron chi connectivity index (χ3n) is 7.98. The van der Waals surface area contributed by atoms with Crippen molar-refractivity contribution in [1.29, 1.82) is 0 Å². The van der Waals surface area contributed by atoms with Gasteiger partial charge in [-0.2, -0.15) is 0 Å². The molecule has 0 bridgehead atoms. The molecule has 1 aliphatic carbocycles. The van der Waals surface area contributed by atoms with E-state index in [2.05, 4.69) is 36.3 Å². The van der Waals surface area contributed by atoms with Crippen LogP contribution < -0.4 is 16.1 Å². The summed E-state index contributed by atoms with van der Waals surface area (Å²) in [6.45, 7) is 9.19. The highest BCUT2D eigenvalue weighted by molar-refractivity contribution is 6.38. The summed E-state index contributed by atoms with van der Waals surface area (Å²) in [7, 11) is 0. The molecule has 2 fully saturated rings. The van der Waals surface area contributed by atoms with Gasteiger partial charge < -0.3 is 20.0 Å². The second kappa shape index (κ2) is 12.0. The van der Waals surface area contributed by atoms with E-state index in [9.17, 15) is 14.4 Å². The van der Waals surface area contributed by atoms with Gasteiger partial charge in [-0.25, -0.2) is 0 Å². The molecule has 1 saturated heterocycles. The number of halogens is 2. The van der Waals surface area contributed by atoms with Crippen LogP contribution in [0.3, 0.4) is 0 Å². The molecule has 2 amide bonds. The lowest BCUT2D eigenvalue weighted by atomic mass is 9.63. The van der Waals surface area contributed by atoms with Crippen molar-refractivity contribution < 1.29 is 14.0 Å². The van der Waals surface area contributed by atoms with Crippen molar-refractivity contribution >= 4 is 46.0 Å². The SMILES string of the molecule is CC(C)(C)NC(=O)C1(C2CCCCC2)CCN(CCCNC(=O)c2cc(=O)c3cc(Cl)cc(Cl)c3o2)CC1. The third-order valence-corrected chi connectivity index (χ3v) is 8.48. The van der Waals surface area contributed by atoms with Crippen molar-refractivity contribution in [2.24, 2.45) is 11.3 Å². The predicted octanol–water partition coefficient (Wildman–Crippen LogP) is 5.80. The minimum atomic E-state index is -0.455. The Hall–Kier alpha value is -2.09. The van der Waals surface area contributed by atoms with Crippen molar-refractivity contribution in [1.82, 2.24) is 15.5 Å². The van der Waals surface area contributed by atoms with Crippen LogP contribution >= 0.6 is 23.2 Å². The number of carbonyl (C=O) groups excluding carboxylic acids is 2. The fraction of sp³-hybridized carbons (Fsp3) is 0.621. The van der Waals surface area contributed by atoms with Crippen molar-refractivity contribution in [3.8, 4) is 0 Å². The molecule has 0 unspecified atom stereocenters. The van der Waals surface area contributed by atoms with Gasteiger partial charge in [0.2, 0.25) is 5.91 Å². The maximum absolute atomic E-state index is 13.5. The summed E-state index contributed by atoms with van der Waals surface area (Å²) in [5.41, 5.74) is -0.737. The molecular weight excluding hydrogens is 525 g/mol. The zero-order valence-corrected chi connectivity index (χ0v) is 24.1. The molecule has 2 aromatic rings. The van der Waals surface area contributed by atoms with Gasteiger partial charge in [0.25, 0.3) is 5.91 Å². The standard InChI is InChI=1S/C29H39Cl2N3O4/c1-28(2,3)33-27(37)29(19-8-5-4-6-9-19)10-14-34(15-11-29)13-7-12-32-26(36)24-18-23(35)21-16-20(30)17-22(31)25(21)38-24/h16-19H,4-15H2,1-3H3,(H,32,36)(H,33,37). The molecule has 1 aliphatic heterocycles. The lowest BCUT2D eigenvalue weighted by Gasteiger charge is -2.47.